The molecule has 0 saturated carbocycles. The first-order valence-corrected chi connectivity index (χ1v) is 18.3. The van der Waals surface area contributed by atoms with Crippen LogP contribution < -0.4 is 0 Å². The maximum Gasteiger partial charge on any atom is 0.160 e. The summed E-state index contributed by atoms with van der Waals surface area (Å²) >= 11 is 0. The molecule has 4 heteroatoms. The van der Waals surface area contributed by atoms with Gasteiger partial charge in [0.25, 0.3) is 0 Å². The fourth-order valence-corrected chi connectivity index (χ4v) is 8.23. The summed E-state index contributed by atoms with van der Waals surface area (Å²) in [6.07, 6.45) is 0. The molecule has 0 atom stereocenters. The Balaban J connectivity index is 1.14. The quantitative estimate of drug-likeness (QED) is 0.180. The Labute approximate surface area is 311 Å². The Kier molecular flexibility index (Phi) is 6.82. The third kappa shape index (κ3) is 4.78. The van der Waals surface area contributed by atoms with Gasteiger partial charge in [-0.15, -0.1) is 0 Å². The van der Waals surface area contributed by atoms with E-state index >= 15 is 0 Å². The van der Waals surface area contributed by atoms with Crippen molar-refractivity contribution >= 4 is 54.5 Å². The molecule has 0 fully saturated rings. The van der Waals surface area contributed by atoms with Crippen molar-refractivity contribution in [1.29, 1.82) is 0 Å². The predicted molar refractivity (Wildman–Crippen MR) is 225 cm³/mol. The van der Waals surface area contributed by atoms with E-state index in [-0.39, 0.29) is 0 Å². The second-order valence-corrected chi connectivity index (χ2v) is 13.8. The lowest BCUT2D eigenvalue weighted by Crippen LogP contribution is -1.95. The molecule has 0 aliphatic carbocycles. The number of aromatic nitrogens is 4. The van der Waals surface area contributed by atoms with Crippen molar-refractivity contribution in [3.8, 4) is 45.1 Å². The van der Waals surface area contributed by atoms with Crippen LogP contribution in [0.25, 0.3) is 99.7 Å². The lowest BCUT2D eigenvalue weighted by atomic mass is 9.99. The van der Waals surface area contributed by atoms with Crippen LogP contribution in [0, 0.1) is 0 Å². The molecule has 0 aliphatic heterocycles. The van der Waals surface area contributed by atoms with Crippen molar-refractivity contribution in [1.82, 2.24) is 19.1 Å². The minimum absolute atomic E-state index is 0.724. The topological polar surface area (TPSA) is 35.6 Å². The van der Waals surface area contributed by atoms with Gasteiger partial charge in [0.05, 0.1) is 33.3 Å². The molecule has 0 radical (unpaired) electrons. The Morgan fingerprint density at radius 1 is 0.296 bits per heavy atom. The van der Waals surface area contributed by atoms with Crippen LogP contribution in [0.15, 0.2) is 194 Å². The van der Waals surface area contributed by atoms with Gasteiger partial charge in [0.15, 0.2) is 5.82 Å². The van der Waals surface area contributed by atoms with Gasteiger partial charge >= 0.3 is 0 Å². The Morgan fingerprint density at radius 3 is 1.35 bits per heavy atom. The van der Waals surface area contributed by atoms with E-state index in [0.29, 0.717) is 0 Å². The van der Waals surface area contributed by atoms with E-state index in [1.54, 1.807) is 0 Å². The molecule has 54 heavy (non-hydrogen) atoms. The molecular formula is C50H32N4. The molecule has 11 aromatic rings. The number of para-hydroxylation sites is 4. The molecule has 0 N–H and O–H groups in total. The zero-order chi connectivity index (χ0) is 35.6. The highest BCUT2D eigenvalue weighted by Crippen LogP contribution is 2.40. The highest BCUT2D eigenvalue weighted by atomic mass is 15.0. The molecule has 11 rings (SSSR count). The summed E-state index contributed by atoms with van der Waals surface area (Å²) in [5, 5.41) is 5.90. The first kappa shape index (κ1) is 30.3. The summed E-state index contributed by atoms with van der Waals surface area (Å²) < 4.78 is 4.75. The number of fused-ring (bicyclic) bond motifs is 7. The Bertz CT molecular complexity index is 3200. The highest BCUT2D eigenvalue weighted by molar-refractivity contribution is 6.13. The number of hydrogen-bond donors (Lipinski definition) is 0. The number of nitrogens with zero attached hydrogens (tertiary/aromatic N) is 4. The smallest absolute Gasteiger partial charge is 0.160 e. The van der Waals surface area contributed by atoms with Crippen molar-refractivity contribution < 1.29 is 0 Å². The third-order valence-electron chi connectivity index (χ3n) is 10.7. The fourth-order valence-electron chi connectivity index (χ4n) is 8.23. The molecular weight excluding hydrogens is 657 g/mol. The molecule has 0 bridgehead atoms. The van der Waals surface area contributed by atoms with Gasteiger partial charge < -0.3 is 9.13 Å². The zero-order valence-electron chi connectivity index (χ0n) is 29.3. The zero-order valence-corrected chi connectivity index (χ0v) is 29.3. The molecule has 8 aromatic carbocycles. The van der Waals surface area contributed by atoms with Crippen LogP contribution in [0.5, 0.6) is 0 Å². The Morgan fingerprint density at radius 2 is 0.741 bits per heavy atom. The molecule has 3 heterocycles. The first-order valence-electron chi connectivity index (χ1n) is 18.3. The molecule has 0 amide bonds. The third-order valence-corrected chi connectivity index (χ3v) is 10.7. The van der Waals surface area contributed by atoms with E-state index in [9.17, 15) is 0 Å². The number of benzene rings is 8. The van der Waals surface area contributed by atoms with Crippen molar-refractivity contribution in [2.24, 2.45) is 0 Å². The maximum absolute atomic E-state index is 5.22. The summed E-state index contributed by atoms with van der Waals surface area (Å²) in [5.41, 5.74) is 13.3. The molecule has 0 saturated heterocycles. The molecule has 0 unspecified atom stereocenters. The fraction of sp³-hybridized carbons (Fsp3) is 0. The SMILES string of the molecule is c1ccc(-c2nc(-c3ccc4c(c3)c3cc(-c5ccc6c(c5)c5ccccc5n6-c5ccccc5)ccc3n4-c3ccccc3)c3ccccc3n2)cc1. The van der Waals surface area contributed by atoms with E-state index in [2.05, 4.69) is 179 Å². The first-order chi connectivity index (χ1) is 26.8. The van der Waals surface area contributed by atoms with Crippen molar-refractivity contribution in [3.05, 3.63) is 194 Å². The standard InChI is InChI=1S/C50H32N4/c1-4-14-33(15-5-1)50-51-44-22-12-10-21-40(44)49(52-50)36-26-29-48-43(32-36)42-31-35(25-28-47(42)54(48)38-18-8-3-9-19-38)34-24-27-46-41(30-34)39-20-11-13-23-45(39)53(46)37-16-6-2-7-17-37/h1-32H. The van der Waals surface area contributed by atoms with Crippen molar-refractivity contribution in [3.63, 3.8) is 0 Å². The van der Waals surface area contributed by atoms with Crippen LogP contribution in [0.1, 0.15) is 0 Å². The van der Waals surface area contributed by atoms with Crippen LogP contribution in [-0.2, 0) is 0 Å². The lowest BCUT2D eigenvalue weighted by molar-refractivity contribution is 1.18. The van der Waals surface area contributed by atoms with E-state index in [1.807, 2.05) is 24.3 Å². The summed E-state index contributed by atoms with van der Waals surface area (Å²) in [4.78, 5) is 10.2. The van der Waals surface area contributed by atoms with Crippen molar-refractivity contribution in [2.45, 2.75) is 0 Å². The van der Waals surface area contributed by atoms with Crippen LogP contribution >= 0.6 is 0 Å². The average Bonchev–Trinajstić information content (AvgIpc) is 3.76. The monoisotopic (exact) mass is 688 g/mol. The second kappa shape index (κ2) is 12.1. The van der Waals surface area contributed by atoms with Gasteiger partial charge in [0, 0.05) is 49.4 Å². The molecule has 0 spiro atoms. The highest BCUT2D eigenvalue weighted by Gasteiger charge is 2.18. The van der Waals surface area contributed by atoms with Gasteiger partial charge in [-0.3, -0.25) is 0 Å². The van der Waals surface area contributed by atoms with E-state index in [4.69, 9.17) is 9.97 Å². The van der Waals surface area contributed by atoms with E-state index < -0.39 is 0 Å². The van der Waals surface area contributed by atoms with Gasteiger partial charge in [-0.05, 0) is 83.9 Å². The van der Waals surface area contributed by atoms with Gasteiger partial charge in [0.2, 0.25) is 0 Å². The largest absolute Gasteiger partial charge is 0.309 e. The summed E-state index contributed by atoms with van der Waals surface area (Å²) in [7, 11) is 0. The summed E-state index contributed by atoms with van der Waals surface area (Å²) in [5.74, 6) is 0.724. The maximum atomic E-state index is 5.22. The van der Waals surface area contributed by atoms with Crippen LogP contribution in [-0.4, -0.2) is 19.1 Å². The van der Waals surface area contributed by atoms with E-state index in [0.717, 1.165) is 56.0 Å². The number of hydrogen-bond acceptors (Lipinski definition) is 2. The van der Waals surface area contributed by atoms with Gasteiger partial charge in [-0.2, -0.15) is 0 Å². The van der Waals surface area contributed by atoms with Gasteiger partial charge in [-0.25, -0.2) is 9.97 Å². The number of rotatable bonds is 5. The minimum atomic E-state index is 0.724. The van der Waals surface area contributed by atoms with Crippen molar-refractivity contribution in [2.75, 3.05) is 0 Å². The summed E-state index contributed by atoms with van der Waals surface area (Å²) in [6.45, 7) is 0. The van der Waals surface area contributed by atoms with Gasteiger partial charge in [-0.1, -0.05) is 121 Å². The average molecular weight is 689 g/mol. The van der Waals surface area contributed by atoms with Crippen LogP contribution in [0.3, 0.4) is 0 Å². The normalized spacial score (nSPS) is 11.7. The summed E-state index contributed by atoms with van der Waals surface area (Å²) in [6, 6.07) is 69.1. The lowest BCUT2D eigenvalue weighted by Gasteiger charge is -2.10. The minimum Gasteiger partial charge on any atom is -0.309 e. The Hall–Kier alpha value is -7.30. The second-order valence-electron chi connectivity index (χ2n) is 13.8. The van der Waals surface area contributed by atoms with E-state index in [1.165, 1.54) is 43.7 Å². The molecule has 252 valence electrons. The molecule has 3 aromatic heterocycles. The molecule has 4 nitrogen and oxygen atoms in total. The van der Waals surface area contributed by atoms with Crippen LogP contribution in [0.2, 0.25) is 0 Å². The predicted octanol–water partition coefficient (Wildman–Crippen LogP) is 12.8. The van der Waals surface area contributed by atoms with Gasteiger partial charge in [0.1, 0.15) is 0 Å². The molecule has 0 aliphatic rings. The van der Waals surface area contributed by atoms with Crippen LogP contribution in [0.4, 0.5) is 0 Å².